The van der Waals surface area contributed by atoms with Crippen LogP contribution in [0.5, 0.6) is 0 Å². The van der Waals surface area contributed by atoms with Gasteiger partial charge in [-0.3, -0.25) is 4.79 Å². The summed E-state index contributed by atoms with van der Waals surface area (Å²) in [5.41, 5.74) is 4.29. The molecule has 0 amide bonds. The summed E-state index contributed by atoms with van der Waals surface area (Å²) < 4.78 is 1.53. The first kappa shape index (κ1) is 13.9. The summed E-state index contributed by atoms with van der Waals surface area (Å²) in [6.07, 6.45) is 2.61. The molecule has 3 heteroatoms. The Morgan fingerprint density at radius 1 is 0.913 bits per heavy atom. The van der Waals surface area contributed by atoms with Crippen molar-refractivity contribution in [1.29, 1.82) is 0 Å². The highest BCUT2D eigenvalue weighted by atomic mass is 16.1. The molecule has 3 aromatic rings. The lowest BCUT2D eigenvalue weighted by Gasteiger charge is -2.08. The molecule has 0 radical (unpaired) electrons. The minimum Gasteiger partial charge on any atom is -0.268 e. The second-order valence-electron chi connectivity index (χ2n) is 6.10. The second kappa shape index (κ2) is 5.84. The van der Waals surface area contributed by atoms with Crippen LogP contribution in [-0.2, 0) is 6.54 Å². The molecule has 0 N–H and O–H groups in total. The van der Waals surface area contributed by atoms with Gasteiger partial charge < -0.3 is 0 Å². The van der Waals surface area contributed by atoms with Crippen molar-refractivity contribution in [2.24, 2.45) is 0 Å². The molecule has 0 atom stereocenters. The third-order valence-electron chi connectivity index (χ3n) is 4.30. The fourth-order valence-electron chi connectivity index (χ4n) is 2.82. The van der Waals surface area contributed by atoms with Crippen molar-refractivity contribution in [3.05, 3.63) is 88.2 Å². The fraction of sp³-hybridized carbons (Fsp3) is 0.200. The molecular weight excluding hydrogens is 284 g/mol. The first-order chi connectivity index (χ1) is 11.3. The van der Waals surface area contributed by atoms with Crippen LogP contribution >= 0.6 is 0 Å². The number of nitrogens with zero attached hydrogens (tertiary/aromatic N) is 2. The van der Waals surface area contributed by atoms with Crippen LogP contribution in [0.4, 0.5) is 0 Å². The average Bonchev–Trinajstić information content (AvgIpc) is 3.43. The molecule has 0 unspecified atom stereocenters. The van der Waals surface area contributed by atoms with Gasteiger partial charge in [-0.25, -0.2) is 4.68 Å². The Hall–Kier alpha value is -2.68. The van der Waals surface area contributed by atoms with Gasteiger partial charge in [-0.05, 0) is 36.0 Å². The molecule has 0 aliphatic heterocycles. The SMILES string of the molecule is O=c1ccc(-c2ccc(C3CC3)cc2)nn1Cc1ccccc1. The van der Waals surface area contributed by atoms with Crippen LogP contribution in [0.15, 0.2) is 71.5 Å². The van der Waals surface area contributed by atoms with Crippen LogP contribution in [0, 0.1) is 0 Å². The molecule has 1 fully saturated rings. The molecule has 1 saturated carbocycles. The van der Waals surface area contributed by atoms with E-state index in [-0.39, 0.29) is 5.56 Å². The van der Waals surface area contributed by atoms with Gasteiger partial charge in [0.15, 0.2) is 0 Å². The normalized spacial score (nSPS) is 13.9. The fourth-order valence-corrected chi connectivity index (χ4v) is 2.82. The Kier molecular flexibility index (Phi) is 3.54. The predicted molar refractivity (Wildman–Crippen MR) is 91.5 cm³/mol. The zero-order valence-electron chi connectivity index (χ0n) is 12.9. The molecule has 1 aliphatic carbocycles. The molecule has 3 nitrogen and oxygen atoms in total. The summed E-state index contributed by atoms with van der Waals surface area (Å²) in [4.78, 5) is 12.1. The Morgan fingerprint density at radius 3 is 2.35 bits per heavy atom. The maximum absolute atomic E-state index is 12.1. The molecule has 1 aliphatic rings. The van der Waals surface area contributed by atoms with E-state index >= 15 is 0 Å². The molecule has 0 bridgehead atoms. The number of hydrogen-bond acceptors (Lipinski definition) is 2. The monoisotopic (exact) mass is 302 g/mol. The third kappa shape index (κ3) is 3.09. The number of hydrogen-bond donors (Lipinski definition) is 0. The maximum atomic E-state index is 12.1. The van der Waals surface area contributed by atoms with Crippen LogP contribution in [0.25, 0.3) is 11.3 Å². The lowest BCUT2D eigenvalue weighted by Crippen LogP contribution is -2.22. The molecule has 1 heterocycles. The topological polar surface area (TPSA) is 34.9 Å². The van der Waals surface area contributed by atoms with Gasteiger partial charge in [0, 0.05) is 11.6 Å². The highest BCUT2D eigenvalue weighted by Gasteiger charge is 2.23. The van der Waals surface area contributed by atoms with Crippen LogP contribution in [-0.4, -0.2) is 9.78 Å². The van der Waals surface area contributed by atoms with Crippen molar-refractivity contribution >= 4 is 0 Å². The van der Waals surface area contributed by atoms with E-state index in [1.54, 1.807) is 12.1 Å². The maximum Gasteiger partial charge on any atom is 0.267 e. The number of rotatable bonds is 4. The lowest BCUT2D eigenvalue weighted by atomic mass is 10.1. The number of aromatic nitrogens is 2. The van der Waals surface area contributed by atoms with Gasteiger partial charge in [-0.2, -0.15) is 5.10 Å². The van der Waals surface area contributed by atoms with Crippen molar-refractivity contribution in [2.75, 3.05) is 0 Å². The van der Waals surface area contributed by atoms with E-state index in [1.807, 2.05) is 30.3 Å². The largest absolute Gasteiger partial charge is 0.268 e. The van der Waals surface area contributed by atoms with E-state index in [1.165, 1.54) is 23.1 Å². The van der Waals surface area contributed by atoms with E-state index in [2.05, 4.69) is 29.4 Å². The summed E-state index contributed by atoms with van der Waals surface area (Å²) in [5, 5.41) is 4.53. The van der Waals surface area contributed by atoms with Crippen molar-refractivity contribution in [3.63, 3.8) is 0 Å². The van der Waals surface area contributed by atoms with E-state index in [0.717, 1.165) is 22.7 Å². The molecular formula is C20H18N2O. The zero-order valence-corrected chi connectivity index (χ0v) is 12.9. The van der Waals surface area contributed by atoms with Gasteiger partial charge >= 0.3 is 0 Å². The predicted octanol–water partition coefficient (Wildman–Crippen LogP) is 3.84. The zero-order chi connectivity index (χ0) is 15.6. The molecule has 4 rings (SSSR count). The Morgan fingerprint density at radius 2 is 1.65 bits per heavy atom. The molecule has 0 saturated heterocycles. The summed E-state index contributed by atoms with van der Waals surface area (Å²) in [7, 11) is 0. The standard InChI is InChI=1S/C20H18N2O/c23-20-13-12-19(18-10-8-17(9-11-18)16-6-7-16)21-22(20)14-15-4-2-1-3-5-15/h1-5,8-13,16H,6-7,14H2. The van der Waals surface area contributed by atoms with Gasteiger partial charge in [0.2, 0.25) is 0 Å². The average molecular weight is 302 g/mol. The summed E-state index contributed by atoms with van der Waals surface area (Å²) in [6.45, 7) is 0.494. The molecule has 0 spiro atoms. The Bertz CT molecular complexity index is 862. The van der Waals surface area contributed by atoms with Gasteiger partial charge in [0.1, 0.15) is 0 Å². The van der Waals surface area contributed by atoms with Crippen LogP contribution < -0.4 is 5.56 Å². The van der Waals surface area contributed by atoms with Crippen LogP contribution in [0.3, 0.4) is 0 Å². The highest BCUT2D eigenvalue weighted by Crippen LogP contribution is 2.40. The Balaban J connectivity index is 1.64. The van der Waals surface area contributed by atoms with Gasteiger partial charge in [-0.15, -0.1) is 0 Å². The summed E-state index contributed by atoms with van der Waals surface area (Å²) in [6, 6.07) is 21.9. The molecule has 1 aromatic heterocycles. The van der Waals surface area contributed by atoms with E-state index in [0.29, 0.717) is 6.54 Å². The van der Waals surface area contributed by atoms with Crippen molar-refractivity contribution in [2.45, 2.75) is 25.3 Å². The van der Waals surface area contributed by atoms with Crippen molar-refractivity contribution < 1.29 is 0 Å². The quantitative estimate of drug-likeness (QED) is 0.734. The van der Waals surface area contributed by atoms with Gasteiger partial charge in [-0.1, -0.05) is 54.6 Å². The van der Waals surface area contributed by atoms with Gasteiger partial charge in [0.25, 0.3) is 5.56 Å². The molecule has 114 valence electrons. The Labute approximate surface area is 135 Å². The minimum absolute atomic E-state index is 0.0767. The summed E-state index contributed by atoms with van der Waals surface area (Å²) >= 11 is 0. The first-order valence-electron chi connectivity index (χ1n) is 8.02. The van der Waals surface area contributed by atoms with E-state index < -0.39 is 0 Å². The number of benzene rings is 2. The first-order valence-corrected chi connectivity index (χ1v) is 8.02. The third-order valence-corrected chi connectivity index (χ3v) is 4.30. The molecule has 2 aromatic carbocycles. The second-order valence-corrected chi connectivity index (χ2v) is 6.10. The van der Waals surface area contributed by atoms with Crippen LogP contribution in [0.2, 0.25) is 0 Å². The van der Waals surface area contributed by atoms with Crippen molar-refractivity contribution in [3.8, 4) is 11.3 Å². The smallest absolute Gasteiger partial charge is 0.267 e. The van der Waals surface area contributed by atoms with Gasteiger partial charge in [0.05, 0.1) is 12.2 Å². The van der Waals surface area contributed by atoms with Crippen LogP contribution in [0.1, 0.15) is 29.9 Å². The lowest BCUT2D eigenvalue weighted by molar-refractivity contribution is 0.643. The summed E-state index contributed by atoms with van der Waals surface area (Å²) in [5.74, 6) is 0.754. The molecule has 23 heavy (non-hydrogen) atoms. The van der Waals surface area contributed by atoms with Crippen molar-refractivity contribution in [1.82, 2.24) is 9.78 Å². The minimum atomic E-state index is -0.0767. The van der Waals surface area contributed by atoms with E-state index in [4.69, 9.17) is 0 Å². The highest BCUT2D eigenvalue weighted by molar-refractivity contribution is 5.59. The van der Waals surface area contributed by atoms with E-state index in [9.17, 15) is 4.79 Å².